The fourth-order valence-corrected chi connectivity index (χ4v) is 3.29. The van der Waals surface area contributed by atoms with Gasteiger partial charge in [0.25, 0.3) is 11.8 Å². The second kappa shape index (κ2) is 10.5. The number of phenols is 2. The summed E-state index contributed by atoms with van der Waals surface area (Å²) >= 11 is 0. The van der Waals surface area contributed by atoms with Crippen LogP contribution in [-0.4, -0.2) is 49.0 Å². The van der Waals surface area contributed by atoms with Crippen molar-refractivity contribution >= 4 is 19.7 Å². The molecule has 0 saturated heterocycles. The van der Waals surface area contributed by atoms with E-state index in [0.717, 1.165) is 6.42 Å². The van der Waals surface area contributed by atoms with Crippen LogP contribution >= 0.6 is 0 Å². The van der Waals surface area contributed by atoms with Crippen molar-refractivity contribution in [3.8, 4) is 11.5 Å². The zero-order valence-corrected chi connectivity index (χ0v) is 18.1. The molecule has 1 aromatic carbocycles. The van der Waals surface area contributed by atoms with Crippen LogP contribution in [0.4, 0.5) is 0 Å². The number of carbonyl (C=O) groups is 2. The van der Waals surface area contributed by atoms with Crippen LogP contribution in [0.2, 0.25) is 5.31 Å². The summed E-state index contributed by atoms with van der Waals surface area (Å²) < 4.78 is 0. The minimum absolute atomic E-state index is 0.102. The predicted octanol–water partition coefficient (Wildman–Crippen LogP) is 2.32. The van der Waals surface area contributed by atoms with Gasteiger partial charge in [-0.2, -0.15) is 0 Å². The molecule has 7 nitrogen and oxygen atoms in total. The molecule has 2 amide bonds. The average Bonchev–Trinajstić information content (AvgIpc) is 2.57. The molecule has 0 aliphatic rings. The molecule has 8 heteroatoms. The maximum Gasteiger partial charge on any atom is 0.255 e. The number of aromatic hydroxyl groups is 2. The van der Waals surface area contributed by atoms with Gasteiger partial charge in [0.05, 0.1) is 19.0 Å². The highest BCUT2D eigenvalue weighted by molar-refractivity contribution is 6.14. The van der Waals surface area contributed by atoms with Crippen molar-refractivity contribution in [2.24, 2.45) is 17.6 Å². The first-order chi connectivity index (χ1) is 13.3. The number of nitrogens with one attached hydrogen (secondary N) is 2. The van der Waals surface area contributed by atoms with E-state index >= 15 is 0 Å². The summed E-state index contributed by atoms with van der Waals surface area (Å²) in [6.45, 7) is 10.5. The number of amides is 2. The van der Waals surface area contributed by atoms with E-state index in [1.165, 1.54) is 12.1 Å². The minimum Gasteiger partial charge on any atom is -0.504 e. The first-order valence-corrected chi connectivity index (χ1v) is 9.97. The Labute approximate surface area is 174 Å². The third kappa shape index (κ3) is 8.35. The van der Waals surface area contributed by atoms with Gasteiger partial charge in [-0.25, -0.2) is 0 Å². The summed E-state index contributed by atoms with van der Waals surface area (Å²) in [5.74, 6) is -1.84. The van der Waals surface area contributed by atoms with Gasteiger partial charge in [0.2, 0.25) is 0 Å². The first kappa shape index (κ1) is 24.8. The van der Waals surface area contributed by atoms with E-state index < -0.39 is 23.3 Å². The largest absolute Gasteiger partial charge is 0.504 e. The molecule has 0 bridgehead atoms. The standard InChI is InChI=1S/C21H34BN3O4/c1-12(2)8-14(23)11-25-20(29)16-7-6-15(17(26)18(16)27)19(28)24-10-13(3)9-21(4,5)22/h6-7,12-14,26-27H,8-11,23H2,1-5H3,(H,24,28)(H,25,29). The molecule has 1 aromatic rings. The molecule has 0 aliphatic carbocycles. The van der Waals surface area contributed by atoms with E-state index in [4.69, 9.17) is 13.6 Å². The molecule has 2 atom stereocenters. The Morgan fingerprint density at radius 2 is 1.48 bits per heavy atom. The van der Waals surface area contributed by atoms with E-state index in [1.807, 2.05) is 34.6 Å². The Balaban J connectivity index is 2.76. The molecule has 1 rings (SSSR count). The van der Waals surface area contributed by atoms with Crippen LogP contribution in [-0.2, 0) is 0 Å². The van der Waals surface area contributed by atoms with Gasteiger partial charge in [-0.15, -0.1) is 0 Å². The topological polar surface area (TPSA) is 125 Å². The van der Waals surface area contributed by atoms with Gasteiger partial charge in [0.15, 0.2) is 11.5 Å². The number of carbonyl (C=O) groups excluding carboxylic acids is 2. The lowest BCUT2D eigenvalue weighted by atomic mass is 9.67. The monoisotopic (exact) mass is 403 g/mol. The minimum atomic E-state index is -0.635. The van der Waals surface area contributed by atoms with Gasteiger partial charge in [0.1, 0.15) is 0 Å². The zero-order chi connectivity index (χ0) is 22.4. The number of hydrogen-bond acceptors (Lipinski definition) is 5. The molecular weight excluding hydrogens is 369 g/mol. The van der Waals surface area contributed by atoms with Crippen molar-refractivity contribution in [3.05, 3.63) is 23.3 Å². The highest BCUT2D eigenvalue weighted by Gasteiger charge is 2.22. The summed E-state index contributed by atoms with van der Waals surface area (Å²) in [4.78, 5) is 24.6. The lowest BCUT2D eigenvalue weighted by Crippen LogP contribution is -2.38. The maximum absolute atomic E-state index is 12.4. The van der Waals surface area contributed by atoms with Gasteiger partial charge < -0.3 is 26.6 Å². The molecule has 0 spiro atoms. The first-order valence-electron chi connectivity index (χ1n) is 9.97. The van der Waals surface area contributed by atoms with Crippen molar-refractivity contribution in [2.45, 2.75) is 58.8 Å². The van der Waals surface area contributed by atoms with Crippen LogP contribution < -0.4 is 16.4 Å². The predicted molar refractivity (Wildman–Crippen MR) is 115 cm³/mol. The SMILES string of the molecule is [B]C(C)(C)CC(C)CNC(=O)c1ccc(C(=O)NCC(N)CC(C)C)c(O)c1O. The third-order valence-corrected chi connectivity index (χ3v) is 4.43. The van der Waals surface area contributed by atoms with Gasteiger partial charge in [0, 0.05) is 19.1 Å². The number of benzene rings is 1. The van der Waals surface area contributed by atoms with Crippen LogP contribution in [0.5, 0.6) is 11.5 Å². The molecule has 29 heavy (non-hydrogen) atoms. The van der Waals surface area contributed by atoms with E-state index in [2.05, 4.69) is 10.6 Å². The van der Waals surface area contributed by atoms with Gasteiger partial charge in [-0.05, 0) is 30.4 Å². The maximum atomic E-state index is 12.4. The second-order valence-corrected chi connectivity index (χ2v) is 8.97. The van der Waals surface area contributed by atoms with Gasteiger partial charge in [-0.1, -0.05) is 46.4 Å². The highest BCUT2D eigenvalue weighted by atomic mass is 16.3. The Morgan fingerprint density at radius 1 is 1.03 bits per heavy atom. The Kier molecular flexibility index (Phi) is 9.01. The number of nitrogens with two attached hydrogens (primary N) is 1. The van der Waals surface area contributed by atoms with Crippen molar-refractivity contribution in [3.63, 3.8) is 0 Å². The Hall–Kier alpha value is -2.22. The van der Waals surface area contributed by atoms with Crippen molar-refractivity contribution in [1.29, 1.82) is 0 Å². The fourth-order valence-electron chi connectivity index (χ4n) is 3.29. The number of phenolic OH excluding ortho intramolecular Hbond substituents is 2. The molecule has 0 aromatic heterocycles. The van der Waals surface area contributed by atoms with Crippen molar-refractivity contribution in [2.75, 3.05) is 13.1 Å². The average molecular weight is 403 g/mol. The normalized spacial score (nSPS) is 13.8. The molecule has 2 radical (unpaired) electrons. The molecule has 0 saturated carbocycles. The summed E-state index contributed by atoms with van der Waals surface area (Å²) in [6.07, 6.45) is 1.46. The quantitative estimate of drug-likeness (QED) is 0.303. The lowest BCUT2D eigenvalue weighted by Gasteiger charge is -2.23. The molecule has 0 fully saturated rings. The van der Waals surface area contributed by atoms with Crippen molar-refractivity contribution in [1.82, 2.24) is 10.6 Å². The lowest BCUT2D eigenvalue weighted by molar-refractivity contribution is 0.0931. The molecule has 160 valence electrons. The Bertz CT molecular complexity index is 717. The molecule has 0 heterocycles. The smallest absolute Gasteiger partial charge is 0.255 e. The van der Waals surface area contributed by atoms with Gasteiger partial charge in [-0.3, -0.25) is 9.59 Å². The summed E-state index contributed by atoms with van der Waals surface area (Å²) in [5, 5.41) is 25.4. The van der Waals surface area contributed by atoms with Crippen LogP contribution in [0, 0.1) is 11.8 Å². The van der Waals surface area contributed by atoms with E-state index in [9.17, 15) is 19.8 Å². The summed E-state index contributed by atoms with van der Waals surface area (Å²) in [7, 11) is 5.98. The number of rotatable bonds is 10. The van der Waals surface area contributed by atoms with E-state index in [0.29, 0.717) is 18.9 Å². The second-order valence-electron chi connectivity index (χ2n) is 8.97. The molecule has 0 aliphatic heterocycles. The fraction of sp³-hybridized carbons (Fsp3) is 0.619. The van der Waals surface area contributed by atoms with E-state index in [-0.39, 0.29) is 34.9 Å². The van der Waals surface area contributed by atoms with Crippen molar-refractivity contribution < 1.29 is 19.8 Å². The zero-order valence-electron chi connectivity index (χ0n) is 18.1. The van der Waals surface area contributed by atoms with Crippen LogP contribution in [0.15, 0.2) is 12.1 Å². The molecule has 2 unspecified atom stereocenters. The van der Waals surface area contributed by atoms with Crippen LogP contribution in [0.1, 0.15) is 68.2 Å². The van der Waals surface area contributed by atoms with E-state index in [1.54, 1.807) is 0 Å². The van der Waals surface area contributed by atoms with Crippen LogP contribution in [0.25, 0.3) is 0 Å². The summed E-state index contributed by atoms with van der Waals surface area (Å²) in [5.41, 5.74) is 5.72. The molecular formula is C21H34BN3O4. The third-order valence-electron chi connectivity index (χ3n) is 4.43. The van der Waals surface area contributed by atoms with Crippen LogP contribution in [0.3, 0.4) is 0 Å². The number of hydrogen-bond donors (Lipinski definition) is 5. The molecule has 6 N–H and O–H groups in total. The highest BCUT2D eigenvalue weighted by Crippen LogP contribution is 2.33. The van der Waals surface area contributed by atoms with Gasteiger partial charge >= 0.3 is 0 Å². The summed E-state index contributed by atoms with van der Waals surface area (Å²) in [6, 6.07) is 2.41. The Morgan fingerprint density at radius 3 is 1.90 bits per heavy atom.